The maximum absolute atomic E-state index is 12.7. The largest absolute Gasteiger partial charge is 0.462 e. The summed E-state index contributed by atoms with van der Waals surface area (Å²) in [6.45, 7) is 3.81. The van der Waals surface area contributed by atoms with Crippen molar-refractivity contribution in [3.63, 3.8) is 0 Å². The Balaban J connectivity index is 1.54. The number of nitrogens with zero attached hydrogens (tertiary/aromatic N) is 2. The molecule has 8 heteroatoms. The molecule has 7 nitrogen and oxygen atoms in total. The molecular weight excluding hydrogens is 378 g/mol. The van der Waals surface area contributed by atoms with Gasteiger partial charge in [0, 0.05) is 11.1 Å². The van der Waals surface area contributed by atoms with Gasteiger partial charge in [-0.2, -0.15) is 4.98 Å². The summed E-state index contributed by atoms with van der Waals surface area (Å²) in [5.41, 5.74) is 2.66. The van der Waals surface area contributed by atoms with Crippen LogP contribution in [0.25, 0.3) is 11.5 Å². The van der Waals surface area contributed by atoms with Crippen LogP contribution in [0.15, 0.2) is 34.2 Å². The molecule has 1 fully saturated rings. The second-order valence-electron chi connectivity index (χ2n) is 6.57. The van der Waals surface area contributed by atoms with Crippen LogP contribution in [0.3, 0.4) is 0 Å². The van der Waals surface area contributed by atoms with E-state index in [0.29, 0.717) is 40.4 Å². The van der Waals surface area contributed by atoms with Crippen LogP contribution in [0.5, 0.6) is 0 Å². The zero-order valence-electron chi connectivity index (χ0n) is 15.5. The van der Waals surface area contributed by atoms with Crippen LogP contribution < -0.4 is 5.32 Å². The summed E-state index contributed by atoms with van der Waals surface area (Å²) in [5.74, 6) is 0.665. The van der Waals surface area contributed by atoms with Gasteiger partial charge in [0.25, 0.3) is 11.8 Å². The predicted molar refractivity (Wildman–Crippen MR) is 105 cm³/mol. The maximum Gasteiger partial charge on any atom is 0.341 e. The number of nitrogens with one attached hydrogen (secondary N) is 1. The molecule has 1 N–H and O–H groups in total. The fraction of sp³-hybridized carbons (Fsp3) is 0.300. The van der Waals surface area contributed by atoms with E-state index in [9.17, 15) is 9.59 Å². The van der Waals surface area contributed by atoms with Crippen molar-refractivity contribution in [3.8, 4) is 11.5 Å². The first-order chi connectivity index (χ1) is 13.6. The number of amides is 1. The number of carbonyl (C=O) groups is 2. The number of aryl methyl sites for hydroxylation is 1. The van der Waals surface area contributed by atoms with Crippen LogP contribution in [0.2, 0.25) is 0 Å². The molecule has 1 aliphatic carbocycles. The zero-order chi connectivity index (χ0) is 19.7. The van der Waals surface area contributed by atoms with Crippen molar-refractivity contribution < 1.29 is 18.8 Å². The van der Waals surface area contributed by atoms with Crippen molar-refractivity contribution in [2.75, 3.05) is 11.9 Å². The Hall–Kier alpha value is -3.00. The third kappa shape index (κ3) is 3.68. The molecular formula is C20H19N3O4S. The van der Waals surface area contributed by atoms with Gasteiger partial charge in [0.2, 0.25) is 0 Å². The molecule has 1 amide bonds. The number of rotatable bonds is 6. The summed E-state index contributed by atoms with van der Waals surface area (Å²) in [6.07, 6.45) is 2.13. The van der Waals surface area contributed by atoms with E-state index in [0.717, 1.165) is 24.0 Å². The topological polar surface area (TPSA) is 94.3 Å². The highest BCUT2D eigenvalue weighted by Crippen LogP contribution is 2.46. The number of benzene rings is 1. The number of thiophene rings is 1. The molecule has 28 heavy (non-hydrogen) atoms. The minimum atomic E-state index is -0.386. The standard InChI is InChI=1S/C20H19N3O4S/c1-3-26-20(25)16-15(12-4-5-12)10-28-19(16)22-17(24)13-6-8-14(9-7-13)18-21-11(2)23-27-18/h6-10,12H,3-5H2,1-2H3,(H,22,24). The highest BCUT2D eigenvalue weighted by molar-refractivity contribution is 7.15. The van der Waals surface area contributed by atoms with Crippen molar-refractivity contribution in [1.82, 2.24) is 10.1 Å². The summed E-state index contributed by atoms with van der Waals surface area (Å²) >= 11 is 1.36. The van der Waals surface area contributed by atoms with Crippen molar-refractivity contribution >= 4 is 28.2 Å². The summed E-state index contributed by atoms with van der Waals surface area (Å²) < 4.78 is 10.3. The van der Waals surface area contributed by atoms with Crippen LogP contribution in [0.1, 0.15) is 57.8 Å². The first-order valence-electron chi connectivity index (χ1n) is 9.07. The summed E-state index contributed by atoms with van der Waals surface area (Å²) in [4.78, 5) is 29.3. The lowest BCUT2D eigenvalue weighted by Gasteiger charge is -2.08. The van der Waals surface area contributed by atoms with Gasteiger partial charge in [-0.15, -0.1) is 11.3 Å². The minimum Gasteiger partial charge on any atom is -0.462 e. The van der Waals surface area contributed by atoms with Crippen LogP contribution in [0.4, 0.5) is 5.00 Å². The molecule has 0 aliphatic heterocycles. The van der Waals surface area contributed by atoms with Gasteiger partial charge in [0.15, 0.2) is 5.82 Å². The Bertz CT molecular complexity index is 1020. The van der Waals surface area contributed by atoms with Crippen LogP contribution in [-0.4, -0.2) is 28.6 Å². The van der Waals surface area contributed by atoms with E-state index >= 15 is 0 Å². The molecule has 144 valence electrons. The SMILES string of the molecule is CCOC(=O)c1c(C2CC2)csc1NC(=O)c1ccc(-c2nc(C)no2)cc1. The number of esters is 1. The fourth-order valence-electron chi connectivity index (χ4n) is 2.93. The first kappa shape index (κ1) is 18.4. The van der Waals surface area contributed by atoms with Gasteiger partial charge in [-0.25, -0.2) is 4.79 Å². The first-order valence-corrected chi connectivity index (χ1v) is 9.95. The van der Waals surface area contributed by atoms with E-state index < -0.39 is 0 Å². The number of carbonyl (C=O) groups excluding carboxylic acids is 2. The van der Waals surface area contributed by atoms with E-state index in [1.165, 1.54) is 11.3 Å². The molecule has 2 aromatic heterocycles. The van der Waals surface area contributed by atoms with Crippen LogP contribution in [0, 0.1) is 6.92 Å². The number of anilines is 1. The normalized spacial score (nSPS) is 13.4. The van der Waals surface area contributed by atoms with Crippen molar-refractivity contribution in [3.05, 3.63) is 52.2 Å². The maximum atomic E-state index is 12.7. The van der Waals surface area contributed by atoms with Gasteiger partial charge in [-0.05, 0) is 67.8 Å². The Morgan fingerprint density at radius 3 is 2.64 bits per heavy atom. The van der Waals surface area contributed by atoms with Crippen LogP contribution >= 0.6 is 11.3 Å². The third-order valence-corrected chi connectivity index (χ3v) is 5.38. The highest BCUT2D eigenvalue weighted by atomic mass is 32.1. The molecule has 4 rings (SSSR count). The summed E-state index contributed by atoms with van der Waals surface area (Å²) in [6, 6.07) is 6.86. The highest BCUT2D eigenvalue weighted by Gasteiger charge is 2.32. The lowest BCUT2D eigenvalue weighted by atomic mass is 10.1. The molecule has 0 spiro atoms. The molecule has 0 atom stereocenters. The molecule has 0 radical (unpaired) electrons. The summed E-state index contributed by atoms with van der Waals surface area (Å²) in [5, 5.41) is 9.10. The van der Waals surface area contributed by atoms with Crippen molar-refractivity contribution in [1.29, 1.82) is 0 Å². The lowest BCUT2D eigenvalue weighted by molar-refractivity contribution is 0.0527. The molecule has 0 bridgehead atoms. The lowest BCUT2D eigenvalue weighted by Crippen LogP contribution is -2.15. The van der Waals surface area contributed by atoms with Gasteiger partial charge >= 0.3 is 5.97 Å². The average molecular weight is 397 g/mol. The van der Waals surface area contributed by atoms with E-state index in [1.807, 2.05) is 5.38 Å². The van der Waals surface area contributed by atoms with E-state index in [-0.39, 0.29) is 11.9 Å². The van der Waals surface area contributed by atoms with Gasteiger partial charge in [0.1, 0.15) is 5.00 Å². The summed E-state index contributed by atoms with van der Waals surface area (Å²) in [7, 11) is 0. The molecule has 0 unspecified atom stereocenters. The number of aromatic nitrogens is 2. The van der Waals surface area contributed by atoms with Gasteiger partial charge in [-0.3, -0.25) is 4.79 Å². The number of hydrogen-bond acceptors (Lipinski definition) is 7. The van der Waals surface area contributed by atoms with Gasteiger partial charge in [0.05, 0.1) is 12.2 Å². The number of hydrogen-bond donors (Lipinski definition) is 1. The van der Waals surface area contributed by atoms with Crippen LogP contribution in [-0.2, 0) is 4.74 Å². The Morgan fingerprint density at radius 1 is 1.29 bits per heavy atom. The second kappa shape index (κ2) is 7.55. The molecule has 1 aromatic carbocycles. The van der Waals surface area contributed by atoms with E-state index in [4.69, 9.17) is 9.26 Å². The Morgan fingerprint density at radius 2 is 2.04 bits per heavy atom. The molecule has 2 heterocycles. The average Bonchev–Trinajstić information content (AvgIpc) is 3.31. The molecule has 3 aromatic rings. The Labute approximate surface area is 165 Å². The zero-order valence-corrected chi connectivity index (χ0v) is 16.3. The van der Waals surface area contributed by atoms with Gasteiger partial charge < -0.3 is 14.6 Å². The predicted octanol–water partition coefficient (Wildman–Crippen LogP) is 4.41. The Kier molecular flexibility index (Phi) is 4.95. The van der Waals surface area contributed by atoms with Crippen molar-refractivity contribution in [2.24, 2.45) is 0 Å². The van der Waals surface area contributed by atoms with Crippen molar-refractivity contribution in [2.45, 2.75) is 32.6 Å². The fourth-order valence-corrected chi connectivity index (χ4v) is 3.95. The van der Waals surface area contributed by atoms with E-state index in [1.54, 1.807) is 38.1 Å². The second-order valence-corrected chi connectivity index (χ2v) is 7.45. The number of ether oxygens (including phenoxy) is 1. The van der Waals surface area contributed by atoms with E-state index in [2.05, 4.69) is 15.5 Å². The minimum absolute atomic E-state index is 0.289. The smallest absolute Gasteiger partial charge is 0.341 e. The molecule has 0 saturated heterocycles. The quantitative estimate of drug-likeness (QED) is 0.619. The third-order valence-electron chi connectivity index (χ3n) is 4.46. The monoisotopic (exact) mass is 397 g/mol. The van der Waals surface area contributed by atoms with Gasteiger partial charge in [-0.1, -0.05) is 5.16 Å². The molecule has 1 aliphatic rings. The molecule has 1 saturated carbocycles.